The minimum Gasteiger partial charge on any atom is -0.337 e. The minimum atomic E-state index is -0.346. The van der Waals surface area contributed by atoms with Crippen LogP contribution in [0, 0.1) is 5.41 Å². The maximum absolute atomic E-state index is 13.5. The lowest BCUT2D eigenvalue weighted by atomic mass is 9.71. The molecule has 0 bridgehead atoms. The van der Waals surface area contributed by atoms with Crippen LogP contribution in [0.4, 0.5) is 9.59 Å². The van der Waals surface area contributed by atoms with Gasteiger partial charge < -0.3 is 24.9 Å². The van der Waals surface area contributed by atoms with Gasteiger partial charge in [0.15, 0.2) is 0 Å². The van der Waals surface area contributed by atoms with E-state index in [0.717, 1.165) is 32.1 Å². The van der Waals surface area contributed by atoms with Crippen molar-refractivity contribution >= 4 is 18.0 Å². The second-order valence-corrected chi connectivity index (χ2v) is 9.49. The van der Waals surface area contributed by atoms with E-state index in [1.54, 1.807) is 19.0 Å². The number of urea groups is 2. The summed E-state index contributed by atoms with van der Waals surface area (Å²) < 4.78 is 0. The second kappa shape index (κ2) is 8.03. The van der Waals surface area contributed by atoms with Crippen LogP contribution in [0.3, 0.4) is 0 Å². The van der Waals surface area contributed by atoms with E-state index < -0.39 is 0 Å². The first kappa shape index (κ1) is 21.7. The molecule has 0 radical (unpaired) electrons. The molecular formula is C21H37N5O3. The van der Waals surface area contributed by atoms with E-state index in [0.29, 0.717) is 32.7 Å². The third-order valence-corrected chi connectivity index (χ3v) is 7.02. The monoisotopic (exact) mass is 407 g/mol. The standard InChI is InChI=1S/C21H37N5O3/c1-6-26-17(27)20(7-11-25(12-8-20)19(29)23(4)5)15-21(26)9-13-24(14-10-21)18(28)22-16(2)3/h16H,6-15H2,1-5H3,(H,22,28). The topological polar surface area (TPSA) is 76.2 Å². The zero-order valence-electron chi connectivity index (χ0n) is 18.7. The molecule has 3 fully saturated rings. The highest BCUT2D eigenvalue weighted by Crippen LogP contribution is 2.52. The van der Waals surface area contributed by atoms with E-state index in [-0.39, 0.29) is 35.0 Å². The summed E-state index contributed by atoms with van der Waals surface area (Å²) in [5, 5.41) is 2.97. The number of likely N-dealkylation sites (tertiary alicyclic amines) is 3. The van der Waals surface area contributed by atoms with Crippen molar-refractivity contribution in [2.45, 2.75) is 64.5 Å². The molecule has 164 valence electrons. The number of hydrogen-bond acceptors (Lipinski definition) is 3. The lowest BCUT2D eigenvalue weighted by Gasteiger charge is -2.45. The highest BCUT2D eigenvalue weighted by molar-refractivity contribution is 5.87. The summed E-state index contributed by atoms with van der Waals surface area (Å²) in [5.41, 5.74) is -0.490. The van der Waals surface area contributed by atoms with Crippen LogP contribution >= 0.6 is 0 Å². The number of rotatable bonds is 2. The van der Waals surface area contributed by atoms with Gasteiger partial charge in [-0.25, -0.2) is 9.59 Å². The van der Waals surface area contributed by atoms with E-state index in [1.165, 1.54) is 0 Å². The van der Waals surface area contributed by atoms with E-state index in [1.807, 2.05) is 23.6 Å². The summed E-state index contributed by atoms with van der Waals surface area (Å²) in [6.45, 7) is 9.34. The predicted molar refractivity (Wildman–Crippen MR) is 112 cm³/mol. The zero-order valence-corrected chi connectivity index (χ0v) is 18.7. The third kappa shape index (κ3) is 3.90. The first-order valence-electron chi connectivity index (χ1n) is 11.0. The van der Waals surface area contributed by atoms with Gasteiger partial charge in [0.1, 0.15) is 0 Å². The Morgan fingerprint density at radius 2 is 1.59 bits per heavy atom. The summed E-state index contributed by atoms with van der Waals surface area (Å²) in [5.74, 6) is 0.261. The van der Waals surface area contributed by atoms with Crippen molar-refractivity contribution in [2.75, 3.05) is 46.8 Å². The minimum absolute atomic E-state index is 0.00700. The fourth-order valence-electron chi connectivity index (χ4n) is 5.49. The van der Waals surface area contributed by atoms with Crippen LogP contribution in [0.5, 0.6) is 0 Å². The third-order valence-electron chi connectivity index (χ3n) is 7.02. The van der Waals surface area contributed by atoms with Gasteiger partial charge in [0.2, 0.25) is 5.91 Å². The molecule has 29 heavy (non-hydrogen) atoms. The molecule has 0 unspecified atom stereocenters. The van der Waals surface area contributed by atoms with Crippen molar-refractivity contribution in [3.05, 3.63) is 0 Å². The molecule has 0 aromatic heterocycles. The average Bonchev–Trinajstić information content (AvgIpc) is 2.89. The number of carbonyl (C=O) groups excluding carboxylic acids is 3. The SMILES string of the molecule is CCN1C(=O)C2(CCN(C(=O)N(C)C)CC2)CC12CCN(C(=O)NC(C)C)CC2. The number of nitrogens with zero attached hydrogens (tertiary/aromatic N) is 4. The van der Waals surface area contributed by atoms with Crippen LogP contribution in [-0.4, -0.2) is 96.0 Å². The number of carbonyl (C=O) groups is 3. The van der Waals surface area contributed by atoms with E-state index in [9.17, 15) is 14.4 Å². The van der Waals surface area contributed by atoms with E-state index in [2.05, 4.69) is 17.1 Å². The smallest absolute Gasteiger partial charge is 0.319 e. The van der Waals surface area contributed by atoms with Gasteiger partial charge in [-0.05, 0) is 52.9 Å². The summed E-state index contributed by atoms with van der Waals surface area (Å²) in [6.07, 6.45) is 4.00. The molecule has 8 nitrogen and oxygen atoms in total. The lowest BCUT2D eigenvalue weighted by molar-refractivity contribution is -0.140. The van der Waals surface area contributed by atoms with E-state index >= 15 is 0 Å². The first-order valence-corrected chi connectivity index (χ1v) is 11.0. The van der Waals surface area contributed by atoms with Crippen LogP contribution < -0.4 is 5.32 Å². The van der Waals surface area contributed by atoms with Crippen LogP contribution in [0.15, 0.2) is 0 Å². The van der Waals surface area contributed by atoms with Crippen molar-refractivity contribution in [1.82, 2.24) is 24.9 Å². The summed E-state index contributed by atoms with van der Waals surface area (Å²) in [7, 11) is 3.54. The molecule has 0 aromatic carbocycles. The molecule has 3 heterocycles. The Bertz CT molecular complexity index is 647. The van der Waals surface area contributed by atoms with Crippen molar-refractivity contribution in [3.8, 4) is 0 Å². The molecule has 3 saturated heterocycles. The van der Waals surface area contributed by atoms with Crippen LogP contribution in [0.2, 0.25) is 0 Å². The molecule has 5 amide bonds. The molecule has 8 heteroatoms. The van der Waals surface area contributed by atoms with Crippen molar-refractivity contribution in [3.63, 3.8) is 0 Å². The summed E-state index contributed by atoms with van der Waals surface area (Å²) in [6, 6.07) is 0.140. The van der Waals surface area contributed by atoms with Gasteiger partial charge in [0.25, 0.3) is 0 Å². The number of amides is 5. The number of piperidine rings is 2. The number of nitrogens with one attached hydrogen (secondary N) is 1. The Balaban J connectivity index is 1.69. The Hall–Kier alpha value is -1.99. The molecule has 0 saturated carbocycles. The normalized spacial score (nSPS) is 23.2. The van der Waals surface area contributed by atoms with Gasteiger partial charge in [0.05, 0.1) is 5.41 Å². The molecule has 2 spiro atoms. The largest absolute Gasteiger partial charge is 0.337 e. The molecule has 0 aliphatic carbocycles. The molecule has 3 aliphatic rings. The second-order valence-electron chi connectivity index (χ2n) is 9.49. The van der Waals surface area contributed by atoms with Crippen molar-refractivity contribution in [2.24, 2.45) is 5.41 Å². The average molecular weight is 408 g/mol. The molecule has 0 atom stereocenters. The molecular weight excluding hydrogens is 370 g/mol. The van der Waals surface area contributed by atoms with Crippen LogP contribution in [0.1, 0.15) is 52.9 Å². The maximum atomic E-state index is 13.5. The summed E-state index contributed by atoms with van der Waals surface area (Å²) in [4.78, 5) is 45.6. The highest BCUT2D eigenvalue weighted by atomic mass is 16.2. The Kier molecular flexibility index (Phi) is 6.01. The van der Waals surface area contributed by atoms with Crippen LogP contribution in [-0.2, 0) is 4.79 Å². The predicted octanol–water partition coefficient (Wildman–Crippen LogP) is 1.96. The van der Waals surface area contributed by atoms with E-state index in [4.69, 9.17) is 0 Å². The molecule has 1 N–H and O–H groups in total. The van der Waals surface area contributed by atoms with Gasteiger partial charge >= 0.3 is 12.1 Å². The lowest BCUT2D eigenvalue weighted by Crippen LogP contribution is -2.56. The molecule has 0 aromatic rings. The number of hydrogen-bond donors (Lipinski definition) is 1. The van der Waals surface area contributed by atoms with Crippen LogP contribution in [0.25, 0.3) is 0 Å². The van der Waals surface area contributed by atoms with Gasteiger partial charge in [0, 0.05) is 58.4 Å². The van der Waals surface area contributed by atoms with Gasteiger partial charge in [-0.15, -0.1) is 0 Å². The Labute approximate surface area is 174 Å². The maximum Gasteiger partial charge on any atom is 0.319 e. The molecule has 3 aliphatic heterocycles. The summed E-state index contributed by atoms with van der Waals surface area (Å²) >= 11 is 0. The fourth-order valence-corrected chi connectivity index (χ4v) is 5.49. The quantitative estimate of drug-likeness (QED) is 0.760. The fraction of sp³-hybridized carbons (Fsp3) is 0.857. The zero-order chi connectivity index (χ0) is 21.4. The van der Waals surface area contributed by atoms with Crippen molar-refractivity contribution in [1.29, 1.82) is 0 Å². The first-order chi connectivity index (χ1) is 13.6. The van der Waals surface area contributed by atoms with Gasteiger partial charge in [-0.3, -0.25) is 4.79 Å². The Morgan fingerprint density at radius 3 is 2.07 bits per heavy atom. The van der Waals surface area contributed by atoms with Gasteiger partial charge in [-0.2, -0.15) is 0 Å². The molecule has 3 rings (SSSR count). The highest BCUT2D eigenvalue weighted by Gasteiger charge is 2.59. The van der Waals surface area contributed by atoms with Gasteiger partial charge in [-0.1, -0.05) is 0 Å². The Morgan fingerprint density at radius 1 is 1.03 bits per heavy atom. The van der Waals surface area contributed by atoms with Crippen molar-refractivity contribution < 1.29 is 14.4 Å².